The molecule has 1 fully saturated rings. The molecule has 1 aliphatic rings. The summed E-state index contributed by atoms with van der Waals surface area (Å²) in [6.45, 7) is 0. The number of aromatic nitrogens is 2. The van der Waals surface area contributed by atoms with Crippen molar-refractivity contribution in [2.75, 3.05) is 31.4 Å². The van der Waals surface area contributed by atoms with Crippen molar-refractivity contribution in [3.8, 4) is 6.01 Å². The number of methoxy groups -OCH3 is 1. The summed E-state index contributed by atoms with van der Waals surface area (Å²) in [5.41, 5.74) is 0.735. The van der Waals surface area contributed by atoms with Crippen LogP contribution in [0.15, 0.2) is 30.5 Å². The molecule has 0 atom stereocenters. The number of benzene rings is 1. The summed E-state index contributed by atoms with van der Waals surface area (Å²) in [6, 6.07) is 6.32. The SMILES string of the molecule is COc1ncc(NC(=O)C2(c3ccc(F)cc3)CC2)c(N(C)C)n1. The second-order valence-electron chi connectivity index (χ2n) is 6.03. The first-order chi connectivity index (χ1) is 11.5. The van der Waals surface area contributed by atoms with Gasteiger partial charge in [0.2, 0.25) is 5.91 Å². The molecule has 0 unspecified atom stereocenters. The molecular formula is C17H19FN4O2. The lowest BCUT2D eigenvalue weighted by Gasteiger charge is -2.20. The molecule has 2 aromatic rings. The number of hydrogen-bond acceptors (Lipinski definition) is 5. The van der Waals surface area contributed by atoms with Gasteiger partial charge in [0, 0.05) is 14.1 Å². The van der Waals surface area contributed by atoms with Crippen molar-refractivity contribution in [3.05, 3.63) is 41.8 Å². The minimum absolute atomic E-state index is 0.133. The third-order valence-electron chi connectivity index (χ3n) is 4.18. The van der Waals surface area contributed by atoms with Crippen LogP contribution in [-0.2, 0) is 10.2 Å². The Bertz CT molecular complexity index is 758. The van der Waals surface area contributed by atoms with Crippen molar-refractivity contribution in [2.45, 2.75) is 18.3 Å². The van der Waals surface area contributed by atoms with Crippen molar-refractivity contribution in [2.24, 2.45) is 0 Å². The van der Waals surface area contributed by atoms with Gasteiger partial charge in [-0.3, -0.25) is 4.79 Å². The van der Waals surface area contributed by atoms with E-state index in [9.17, 15) is 9.18 Å². The summed E-state index contributed by atoms with van der Waals surface area (Å²) in [5, 5.41) is 2.90. The van der Waals surface area contributed by atoms with Crippen LogP contribution < -0.4 is 15.0 Å². The van der Waals surface area contributed by atoms with Gasteiger partial charge < -0.3 is 15.0 Å². The molecule has 126 valence electrons. The first-order valence-electron chi connectivity index (χ1n) is 7.62. The summed E-state index contributed by atoms with van der Waals surface area (Å²) in [5.74, 6) is 0.115. The standard InChI is InChI=1S/C17H19FN4O2/c1-22(2)14-13(10-19-16(21-14)24-3)20-15(23)17(8-9-17)11-4-6-12(18)7-5-11/h4-7,10H,8-9H2,1-3H3,(H,20,23). The molecule has 1 aromatic carbocycles. The van der Waals surface area contributed by atoms with E-state index >= 15 is 0 Å². The molecule has 1 saturated carbocycles. The number of carbonyl (C=O) groups excluding carboxylic acids is 1. The van der Waals surface area contributed by atoms with E-state index in [0.717, 1.165) is 18.4 Å². The molecule has 6 nitrogen and oxygen atoms in total. The minimum atomic E-state index is -0.600. The summed E-state index contributed by atoms with van der Waals surface area (Å²) in [6.07, 6.45) is 3.00. The Morgan fingerprint density at radius 3 is 2.50 bits per heavy atom. The molecule has 0 aliphatic heterocycles. The number of nitrogens with zero attached hydrogens (tertiary/aromatic N) is 3. The Morgan fingerprint density at radius 1 is 1.29 bits per heavy atom. The molecule has 24 heavy (non-hydrogen) atoms. The fraction of sp³-hybridized carbons (Fsp3) is 0.353. The van der Waals surface area contributed by atoms with Crippen molar-refractivity contribution in [1.29, 1.82) is 0 Å². The Balaban J connectivity index is 1.86. The average molecular weight is 330 g/mol. The zero-order valence-electron chi connectivity index (χ0n) is 13.8. The van der Waals surface area contributed by atoms with Crippen LogP contribution in [0.2, 0.25) is 0 Å². The van der Waals surface area contributed by atoms with Gasteiger partial charge in [-0.15, -0.1) is 0 Å². The third-order valence-corrected chi connectivity index (χ3v) is 4.18. The lowest BCUT2D eigenvalue weighted by Crippen LogP contribution is -2.29. The van der Waals surface area contributed by atoms with Gasteiger partial charge in [-0.1, -0.05) is 12.1 Å². The molecule has 1 aliphatic carbocycles. The first kappa shape index (κ1) is 16.2. The fourth-order valence-electron chi connectivity index (χ4n) is 2.67. The van der Waals surface area contributed by atoms with Crippen molar-refractivity contribution >= 4 is 17.4 Å². The zero-order chi connectivity index (χ0) is 17.3. The van der Waals surface area contributed by atoms with E-state index in [-0.39, 0.29) is 17.7 Å². The van der Waals surface area contributed by atoms with E-state index < -0.39 is 5.41 Å². The van der Waals surface area contributed by atoms with Gasteiger partial charge in [0.05, 0.1) is 18.7 Å². The second kappa shape index (κ2) is 6.07. The molecule has 1 amide bonds. The lowest BCUT2D eigenvalue weighted by molar-refractivity contribution is -0.118. The van der Waals surface area contributed by atoms with Gasteiger partial charge in [0.1, 0.15) is 11.5 Å². The molecule has 1 heterocycles. The van der Waals surface area contributed by atoms with Crippen LogP contribution in [0.5, 0.6) is 6.01 Å². The fourth-order valence-corrected chi connectivity index (χ4v) is 2.67. The summed E-state index contributed by atoms with van der Waals surface area (Å²) < 4.78 is 18.1. The molecule has 0 radical (unpaired) electrons. The molecule has 3 rings (SSSR count). The average Bonchev–Trinajstić information content (AvgIpc) is 3.37. The Labute approximate surface area is 139 Å². The molecular weight excluding hydrogens is 311 g/mol. The minimum Gasteiger partial charge on any atom is -0.467 e. The molecule has 7 heteroatoms. The molecule has 1 N–H and O–H groups in total. The van der Waals surface area contributed by atoms with Gasteiger partial charge in [-0.25, -0.2) is 9.37 Å². The van der Waals surface area contributed by atoms with E-state index in [0.29, 0.717) is 11.5 Å². The number of halogens is 1. The second-order valence-corrected chi connectivity index (χ2v) is 6.03. The van der Waals surface area contributed by atoms with Crippen LogP contribution in [0.4, 0.5) is 15.9 Å². The van der Waals surface area contributed by atoms with E-state index in [4.69, 9.17) is 4.74 Å². The highest BCUT2D eigenvalue weighted by Crippen LogP contribution is 2.49. The highest BCUT2D eigenvalue weighted by atomic mass is 19.1. The van der Waals surface area contributed by atoms with Crippen molar-refractivity contribution in [3.63, 3.8) is 0 Å². The lowest BCUT2D eigenvalue weighted by atomic mass is 9.95. The topological polar surface area (TPSA) is 67.3 Å². The maximum Gasteiger partial charge on any atom is 0.318 e. The number of anilines is 2. The normalized spacial score (nSPS) is 14.8. The largest absolute Gasteiger partial charge is 0.467 e. The predicted octanol–water partition coefficient (Wildman–Crippen LogP) is 2.36. The molecule has 0 spiro atoms. The van der Waals surface area contributed by atoms with Gasteiger partial charge in [-0.2, -0.15) is 4.98 Å². The maximum atomic E-state index is 13.1. The highest BCUT2D eigenvalue weighted by molar-refractivity contribution is 6.02. The smallest absolute Gasteiger partial charge is 0.318 e. The van der Waals surface area contributed by atoms with Crippen LogP contribution >= 0.6 is 0 Å². The third kappa shape index (κ3) is 2.89. The van der Waals surface area contributed by atoms with Crippen molar-refractivity contribution < 1.29 is 13.9 Å². The quantitative estimate of drug-likeness (QED) is 0.911. The Hall–Kier alpha value is -2.70. The first-order valence-corrected chi connectivity index (χ1v) is 7.62. The molecule has 0 saturated heterocycles. The summed E-state index contributed by atoms with van der Waals surface area (Å²) >= 11 is 0. The predicted molar refractivity (Wildman–Crippen MR) is 88.9 cm³/mol. The number of carbonyl (C=O) groups is 1. The van der Waals surface area contributed by atoms with Crippen LogP contribution in [0.1, 0.15) is 18.4 Å². The number of ether oxygens (including phenoxy) is 1. The van der Waals surface area contributed by atoms with Gasteiger partial charge in [-0.05, 0) is 30.5 Å². The number of rotatable bonds is 5. The maximum absolute atomic E-state index is 13.1. The van der Waals surface area contributed by atoms with Crippen LogP contribution in [-0.4, -0.2) is 37.1 Å². The number of nitrogens with one attached hydrogen (secondary N) is 1. The van der Waals surface area contributed by atoms with Gasteiger partial charge in [0.15, 0.2) is 5.82 Å². The van der Waals surface area contributed by atoms with E-state index in [1.54, 1.807) is 17.0 Å². The van der Waals surface area contributed by atoms with Crippen LogP contribution in [0.25, 0.3) is 0 Å². The van der Waals surface area contributed by atoms with Gasteiger partial charge in [0.25, 0.3) is 0 Å². The Kier molecular flexibility index (Phi) is 4.09. The Morgan fingerprint density at radius 2 is 1.96 bits per heavy atom. The summed E-state index contributed by atoms with van der Waals surface area (Å²) in [4.78, 5) is 22.9. The van der Waals surface area contributed by atoms with Gasteiger partial charge >= 0.3 is 6.01 Å². The van der Waals surface area contributed by atoms with E-state index in [1.165, 1.54) is 25.4 Å². The molecule has 0 bridgehead atoms. The highest BCUT2D eigenvalue weighted by Gasteiger charge is 2.51. The van der Waals surface area contributed by atoms with Crippen molar-refractivity contribution in [1.82, 2.24) is 9.97 Å². The zero-order valence-corrected chi connectivity index (χ0v) is 13.8. The van der Waals surface area contributed by atoms with Crippen LogP contribution in [0, 0.1) is 5.82 Å². The van der Waals surface area contributed by atoms with E-state index in [2.05, 4.69) is 15.3 Å². The number of hydrogen-bond donors (Lipinski definition) is 1. The molecule has 1 aromatic heterocycles. The van der Waals surface area contributed by atoms with Crippen LogP contribution in [0.3, 0.4) is 0 Å². The monoisotopic (exact) mass is 330 g/mol. The summed E-state index contributed by atoms with van der Waals surface area (Å²) in [7, 11) is 5.13. The van der Waals surface area contributed by atoms with E-state index in [1.807, 2.05) is 14.1 Å². The number of amides is 1.